The van der Waals surface area contributed by atoms with Crippen LogP contribution >= 0.6 is 15.9 Å². The van der Waals surface area contributed by atoms with E-state index < -0.39 is 6.61 Å². The van der Waals surface area contributed by atoms with Gasteiger partial charge in [0.25, 0.3) is 0 Å². The molecule has 0 atom stereocenters. The van der Waals surface area contributed by atoms with Crippen LogP contribution in [-0.4, -0.2) is 22.8 Å². The summed E-state index contributed by atoms with van der Waals surface area (Å²) < 4.78 is 28.0. The summed E-state index contributed by atoms with van der Waals surface area (Å²) in [6, 6.07) is 3.69. The summed E-state index contributed by atoms with van der Waals surface area (Å²) in [4.78, 5) is 11.1. The second-order valence-corrected chi connectivity index (χ2v) is 3.62. The first-order chi connectivity index (χ1) is 7.51. The lowest BCUT2D eigenvalue weighted by Crippen LogP contribution is -2.05. The van der Waals surface area contributed by atoms with E-state index in [1.165, 1.54) is 12.1 Å². The normalized spacial score (nSPS) is 10.5. The van der Waals surface area contributed by atoms with Gasteiger partial charge in [0.15, 0.2) is 0 Å². The Morgan fingerprint density at radius 2 is 2.12 bits per heavy atom. The Hall–Kier alpha value is -1.17. The van der Waals surface area contributed by atoms with E-state index in [0.29, 0.717) is 5.56 Å². The van der Waals surface area contributed by atoms with E-state index in [0.717, 1.165) is 6.07 Å². The average Bonchev–Trinajstić information content (AvgIpc) is 2.15. The van der Waals surface area contributed by atoms with Crippen LogP contribution in [0.4, 0.5) is 8.78 Å². The van der Waals surface area contributed by atoms with Crippen molar-refractivity contribution >= 4 is 21.7 Å². The molecular formula is C10H9BrF2O3. The van der Waals surface area contributed by atoms with Gasteiger partial charge in [0, 0.05) is 12.5 Å². The van der Waals surface area contributed by atoms with Crippen LogP contribution in [0.5, 0.6) is 11.5 Å². The minimum Gasteiger partial charge on any atom is -0.508 e. The molecule has 0 unspecified atom stereocenters. The lowest BCUT2D eigenvalue weighted by molar-refractivity contribution is -0.115. The van der Waals surface area contributed by atoms with Crippen LogP contribution in [0.3, 0.4) is 0 Å². The van der Waals surface area contributed by atoms with Gasteiger partial charge >= 0.3 is 6.61 Å². The Bertz CT molecular complexity index is 382. The summed E-state index contributed by atoms with van der Waals surface area (Å²) in [7, 11) is 0. The molecule has 0 heterocycles. The van der Waals surface area contributed by atoms with E-state index in [1.807, 2.05) is 0 Å². The van der Waals surface area contributed by atoms with E-state index in [-0.39, 0.29) is 29.0 Å². The standard InChI is InChI=1S/C10H9BrF2O3/c11-5-8(15)2-6-1-7(14)4-9(3-6)16-10(12)13/h1,3-4,10,14H,2,5H2. The van der Waals surface area contributed by atoms with Gasteiger partial charge in [-0.05, 0) is 17.7 Å². The summed E-state index contributed by atoms with van der Waals surface area (Å²) in [5.74, 6) is -0.489. The van der Waals surface area contributed by atoms with Crippen molar-refractivity contribution in [3.63, 3.8) is 0 Å². The van der Waals surface area contributed by atoms with Crippen LogP contribution in [0, 0.1) is 0 Å². The molecule has 0 aliphatic heterocycles. The van der Waals surface area contributed by atoms with E-state index >= 15 is 0 Å². The van der Waals surface area contributed by atoms with Crippen molar-refractivity contribution in [3.8, 4) is 11.5 Å². The Morgan fingerprint density at radius 1 is 1.44 bits per heavy atom. The number of carbonyl (C=O) groups is 1. The molecular weight excluding hydrogens is 286 g/mol. The van der Waals surface area contributed by atoms with E-state index in [2.05, 4.69) is 20.7 Å². The van der Waals surface area contributed by atoms with Crippen LogP contribution in [0.1, 0.15) is 5.56 Å². The quantitative estimate of drug-likeness (QED) is 0.849. The highest BCUT2D eigenvalue weighted by atomic mass is 79.9. The van der Waals surface area contributed by atoms with Gasteiger partial charge in [-0.15, -0.1) is 0 Å². The van der Waals surface area contributed by atoms with Crippen molar-refractivity contribution in [2.75, 3.05) is 5.33 Å². The average molecular weight is 295 g/mol. The predicted molar refractivity (Wildman–Crippen MR) is 57.2 cm³/mol. The fraction of sp³-hybridized carbons (Fsp3) is 0.300. The number of hydrogen-bond acceptors (Lipinski definition) is 3. The number of halogens is 3. The Labute approximate surface area is 99.2 Å². The van der Waals surface area contributed by atoms with E-state index in [1.54, 1.807) is 0 Å². The number of benzene rings is 1. The van der Waals surface area contributed by atoms with Crippen LogP contribution in [0.25, 0.3) is 0 Å². The maximum Gasteiger partial charge on any atom is 0.387 e. The van der Waals surface area contributed by atoms with Crippen LogP contribution in [0.2, 0.25) is 0 Å². The second kappa shape index (κ2) is 5.79. The van der Waals surface area contributed by atoms with E-state index in [4.69, 9.17) is 0 Å². The minimum absolute atomic E-state index is 0.0548. The number of carbonyl (C=O) groups excluding carboxylic acids is 1. The van der Waals surface area contributed by atoms with Crippen molar-refractivity contribution in [2.45, 2.75) is 13.0 Å². The highest BCUT2D eigenvalue weighted by molar-refractivity contribution is 9.09. The fourth-order valence-electron chi connectivity index (χ4n) is 1.19. The lowest BCUT2D eigenvalue weighted by Gasteiger charge is -2.07. The number of alkyl halides is 3. The van der Waals surface area contributed by atoms with Crippen molar-refractivity contribution in [1.82, 2.24) is 0 Å². The van der Waals surface area contributed by atoms with Crippen LogP contribution < -0.4 is 4.74 Å². The third kappa shape index (κ3) is 4.14. The molecule has 0 saturated carbocycles. The molecule has 0 spiro atoms. The van der Waals surface area contributed by atoms with Gasteiger partial charge in [-0.3, -0.25) is 4.79 Å². The zero-order valence-corrected chi connectivity index (χ0v) is 9.71. The first-order valence-electron chi connectivity index (χ1n) is 4.36. The molecule has 88 valence electrons. The summed E-state index contributed by atoms with van der Waals surface area (Å²) in [5.41, 5.74) is 0.431. The van der Waals surface area contributed by atoms with Gasteiger partial charge in [0.05, 0.1) is 5.33 Å². The first-order valence-corrected chi connectivity index (χ1v) is 5.49. The Kier molecular flexibility index (Phi) is 4.67. The van der Waals surface area contributed by atoms with Crippen LogP contribution in [0.15, 0.2) is 18.2 Å². The molecule has 3 nitrogen and oxygen atoms in total. The number of phenols is 1. The minimum atomic E-state index is -2.96. The summed E-state index contributed by atoms with van der Waals surface area (Å²) >= 11 is 2.99. The van der Waals surface area contributed by atoms with E-state index in [9.17, 15) is 18.7 Å². The molecule has 0 aromatic heterocycles. The number of ketones is 1. The number of ether oxygens (including phenoxy) is 1. The van der Waals surface area contributed by atoms with Gasteiger partial charge < -0.3 is 9.84 Å². The van der Waals surface area contributed by atoms with Gasteiger partial charge in [-0.2, -0.15) is 8.78 Å². The van der Waals surface area contributed by atoms with Gasteiger partial charge in [0.2, 0.25) is 0 Å². The first kappa shape index (κ1) is 12.9. The third-order valence-electron chi connectivity index (χ3n) is 1.73. The van der Waals surface area contributed by atoms with Crippen LogP contribution in [-0.2, 0) is 11.2 Å². The van der Waals surface area contributed by atoms with Gasteiger partial charge in [0.1, 0.15) is 17.3 Å². The molecule has 1 N–H and O–H groups in total. The second-order valence-electron chi connectivity index (χ2n) is 3.06. The van der Waals surface area contributed by atoms with Crippen molar-refractivity contribution < 1.29 is 23.4 Å². The number of hydrogen-bond donors (Lipinski definition) is 1. The van der Waals surface area contributed by atoms with Crippen molar-refractivity contribution in [2.24, 2.45) is 0 Å². The molecule has 0 saturated heterocycles. The predicted octanol–water partition coefficient (Wildman–Crippen LogP) is 2.50. The molecule has 1 aromatic rings. The molecule has 16 heavy (non-hydrogen) atoms. The molecule has 0 bridgehead atoms. The summed E-state index contributed by atoms with van der Waals surface area (Å²) in [5, 5.41) is 9.42. The third-order valence-corrected chi connectivity index (χ3v) is 2.35. The topological polar surface area (TPSA) is 46.5 Å². The number of aromatic hydroxyl groups is 1. The van der Waals surface area contributed by atoms with Crippen molar-refractivity contribution in [1.29, 1.82) is 0 Å². The lowest BCUT2D eigenvalue weighted by atomic mass is 10.1. The smallest absolute Gasteiger partial charge is 0.387 e. The zero-order valence-electron chi connectivity index (χ0n) is 8.12. The number of rotatable bonds is 5. The SMILES string of the molecule is O=C(CBr)Cc1cc(O)cc(OC(F)F)c1. The maximum atomic E-state index is 11.9. The molecule has 1 rings (SSSR count). The molecule has 0 radical (unpaired) electrons. The maximum absolute atomic E-state index is 11.9. The number of phenolic OH excluding ortho intramolecular Hbond substituents is 1. The largest absolute Gasteiger partial charge is 0.508 e. The zero-order chi connectivity index (χ0) is 12.1. The van der Waals surface area contributed by atoms with Crippen molar-refractivity contribution in [3.05, 3.63) is 23.8 Å². The molecule has 1 aromatic carbocycles. The molecule has 0 aliphatic rings. The highest BCUT2D eigenvalue weighted by Gasteiger charge is 2.09. The summed E-state index contributed by atoms with van der Waals surface area (Å²) in [6.07, 6.45) is 0.0548. The summed E-state index contributed by atoms with van der Waals surface area (Å²) in [6.45, 7) is -2.96. The highest BCUT2D eigenvalue weighted by Crippen LogP contribution is 2.23. The van der Waals surface area contributed by atoms with Gasteiger partial charge in [-0.1, -0.05) is 15.9 Å². The molecule has 0 amide bonds. The Morgan fingerprint density at radius 3 is 2.69 bits per heavy atom. The Balaban J connectivity index is 2.85. The fourth-order valence-corrected chi connectivity index (χ4v) is 1.39. The molecule has 0 aliphatic carbocycles. The number of Topliss-reactive ketones (excluding diaryl/α,β-unsaturated/α-hetero) is 1. The molecule has 0 fully saturated rings. The monoisotopic (exact) mass is 294 g/mol. The van der Waals surface area contributed by atoms with Gasteiger partial charge in [-0.25, -0.2) is 0 Å². The molecule has 6 heteroatoms.